The maximum Gasteiger partial charge on any atom is 0.244 e. The fourth-order valence-corrected chi connectivity index (χ4v) is 4.46. The highest BCUT2D eigenvalue weighted by atomic mass is 32.2. The molecule has 0 aliphatic heterocycles. The van der Waals surface area contributed by atoms with Crippen molar-refractivity contribution in [3.63, 3.8) is 0 Å². The van der Waals surface area contributed by atoms with Crippen molar-refractivity contribution in [3.05, 3.63) is 59.9 Å². The van der Waals surface area contributed by atoms with E-state index in [9.17, 15) is 22.4 Å². The topological polar surface area (TPSA) is 96.0 Å². The largest absolute Gasteiger partial charge is 0.492 e. The summed E-state index contributed by atoms with van der Waals surface area (Å²) in [5.41, 5.74) is 0.845. The van der Waals surface area contributed by atoms with Crippen LogP contribution >= 0.6 is 0 Å². The summed E-state index contributed by atoms with van der Waals surface area (Å²) in [7, 11) is -3.88. The van der Waals surface area contributed by atoms with Crippen LogP contribution in [0.25, 0.3) is 0 Å². The van der Waals surface area contributed by atoms with E-state index in [1.807, 2.05) is 6.92 Å². The van der Waals surface area contributed by atoms with Gasteiger partial charge in [0.15, 0.2) is 0 Å². The van der Waals surface area contributed by atoms with Gasteiger partial charge in [-0.3, -0.25) is 13.9 Å². The number of amides is 2. The Hall–Kier alpha value is -3.14. The standard InChI is InChI=1S/C25H34FN3O5S/c1-5-16-27-25(31)21(6-2)28(17-19-12-14-20(26)15-13-19)24(30)18-29(35(4,32)33)22-10-8-9-11-23(22)34-7-3/h8-15,21H,5-7,16-18H2,1-4H3,(H,27,31)/t21-/m0/s1. The van der Waals surface area contributed by atoms with Crippen molar-refractivity contribution in [1.29, 1.82) is 0 Å². The molecule has 0 radical (unpaired) electrons. The lowest BCUT2D eigenvalue weighted by Crippen LogP contribution is -2.52. The van der Waals surface area contributed by atoms with Crippen LogP contribution in [0.3, 0.4) is 0 Å². The monoisotopic (exact) mass is 507 g/mol. The Bertz CT molecular complexity index is 1090. The fourth-order valence-electron chi connectivity index (χ4n) is 3.61. The number of ether oxygens (including phenoxy) is 1. The molecule has 0 saturated carbocycles. The predicted molar refractivity (Wildman–Crippen MR) is 134 cm³/mol. The lowest BCUT2D eigenvalue weighted by Gasteiger charge is -2.33. The lowest BCUT2D eigenvalue weighted by molar-refractivity contribution is -0.140. The molecule has 2 amide bonds. The van der Waals surface area contributed by atoms with Crippen LogP contribution in [0.2, 0.25) is 0 Å². The number of nitrogens with zero attached hydrogens (tertiary/aromatic N) is 2. The Morgan fingerprint density at radius 1 is 1.06 bits per heavy atom. The summed E-state index contributed by atoms with van der Waals surface area (Å²) < 4.78 is 45.5. The Balaban J connectivity index is 2.45. The number of carbonyl (C=O) groups excluding carboxylic acids is 2. The molecule has 1 atom stereocenters. The number of nitrogens with one attached hydrogen (secondary N) is 1. The number of para-hydroxylation sites is 2. The number of sulfonamides is 1. The van der Waals surface area contributed by atoms with Gasteiger partial charge in [-0.25, -0.2) is 12.8 Å². The summed E-state index contributed by atoms with van der Waals surface area (Å²) in [6, 6.07) is 11.3. The van der Waals surface area contributed by atoms with Gasteiger partial charge in [0.2, 0.25) is 21.8 Å². The normalized spacial score (nSPS) is 12.0. The van der Waals surface area contributed by atoms with Gasteiger partial charge >= 0.3 is 0 Å². The molecule has 35 heavy (non-hydrogen) atoms. The highest BCUT2D eigenvalue weighted by Gasteiger charge is 2.32. The molecule has 1 N–H and O–H groups in total. The number of carbonyl (C=O) groups is 2. The van der Waals surface area contributed by atoms with E-state index in [4.69, 9.17) is 4.74 Å². The highest BCUT2D eigenvalue weighted by molar-refractivity contribution is 7.92. The minimum atomic E-state index is -3.88. The van der Waals surface area contributed by atoms with E-state index < -0.39 is 34.3 Å². The summed E-state index contributed by atoms with van der Waals surface area (Å²) in [6.07, 6.45) is 2.06. The van der Waals surface area contributed by atoms with Gasteiger partial charge < -0.3 is 15.0 Å². The molecule has 2 aromatic rings. The summed E-state index contributed by atoms with van der Waals surface area (Å²) in [5.74, 6) is -0.990. The van der Waals surface area contributed by atoms with E-state index in [-0.39, 0.29) is 18.1 Å². The molecule has 2 aromatic carbocycles. The van der Waals surface area contributed by atoms with Crippen molar-refractivity contribution in [2.45, 2.75) is 46.2 Å². The van der Waals surface area contributed by atoms with E-state index in [0.29, 0.717) is 30.9 Å². The maximum atomic E-state index is 13.6. The van der Waals surface area contributed by atoms with E-state index in [1.165, 1.54) is 29.2 Å². The minimum absolute atomic E-state index is 0.0157. The molecule has 8 nitrogen and oxygen atoms in total. The number of hydrogen-bond donors (Lipinski definition) is 1. The molecule has 2 rings (SSSR count). The SMILES string of the molecule is CCCNC(=O)[C@H](CC)N(Cc1ccc(F)cc1)C(=O)CN(c1ccccc1OCC)S(C)(=O)=O. The second kappa shape index (κ2) is 13.1. The second-order valence-electron chi connectivity index (χ2n) is 8.03. The molecule has 0 unspecified atom stereocenters. The van der Waals surface area contributed by atoms with Crippen molar-refractivity contribution in [2.24, 2.45) is 0 Å². The summed E-state index contributed by atoms with van der Waals surface area (Å²) in [4.78, 5) is 27.9. The Kier molecular flexibility index (Phi) is 10.5. The molecule has 10 heteroatoms. The summed E-state index contributed by atoms with van der Waals surface area (Å²) in [6.45, 7) is 5.73. The zero-order valence-electron chi connectivity index (χ0n) is 20.7. The van der Waals surface area contributed by atoms with Crippen LogP contribution in [0.15, 0.2) is 48.5 Å². The number of hydrogen-bond acceptors (Lipinski definition) is 5. The van der Waals surface area contributed by atoms with Gasteiger partial charge in [0.1, 0.15) is 24.2 Å². The second-order valence-corrected chi connectivity index (χ2v) is 9.94. The highest BCUT2D eigenvalue weighted by Crippen LogP contribution is 2.30. The van der Waals surface area contributed by atoms with Gasteiger partial charge in [-0.1, -0.05) is 38.1 Å². The van der Waals surface area contributed by atoms with Crippen molar-refractivity contribution in [1.82, 2.24) is 10.2 Å². The van der Waals surface area contributed by atoms with Crippen molar-refractivity contribution >= 4 is 27.5 Å². The first-order valence-electron chi connectivity index (χ1n) is 11.6. The van der Waals surface area contributed by atoms with Gasteiger partial charge in [0.05, 0.1) is 18.6 Å². The number of anilines is 1. The molecule has 0 spiro atoms. The molecule has 0 heterocycles. The van der Waals surface area contributed by atoms with Crippen LogP contribution in [0.5, 0.6) is 5.75 Å². The average Bonchev–Trinajstić information content (AvgIpc) is 2.82. The minimum Gasteiger partial charge on any atom is -0.492 e. The first-order chi connectivity index (χ1) is 16.6. The first kappa shape index (κ1) is 28.1. The van der Waals surface area contributed by atoms with Crippen LogP contribution in [-0.2, 0) is 26.2 Å². The van der Waals surface area contributed by atoms with Crippen LogP contribution < -0.4 is 14.4 Å². The molecule has 0 saturated heterocycles. The molecule has 0 bridgehead atoms. The van der Waals surface area contributed by atoms with Crippen molar-refractivity contribution in [3.8, 4) is 5.75 Å². The number of benzene rings is 2. The zero-order valence-corrected chi connectivity index (χ0v) is 21.5. The van der Waals surface area contributed by atoms with Gasteiger partial charge in [0.25, 0.3) is 0 Å². The molecule has 0 fully saturated rings. The molecule has 0 aliphatic rings. The third kappa shape index (κ3) is 7.95. The van der Waals surface area contributed by atoms with Gasteiger partial charge in [-0.15, -0.1) is 0 Å². The third-order valence-electron chi connectivity index (χ3n) is 5.31. The van der Waals surface area contributed by atoms with Crippen LogP contribution in [-0.4, -0.2) is 57.1 Å². The van der Waals surface area contributed by atoms with E-state index in [0.717, 1.165) is 17.0 Å². The van der Waals surface area contributed by atoms with Crippen LogP contribution in [0.1, 0.15) is 39.2 Å². The van der Waals surface area contributed by atoms with Crippen molar-refractivity contribution < 1.29 is 27.1 Å². The fraction of sp³-hybridized carbons (Fsp3) is 0.440. The number of rotatable bonds is 13. The van der Waals surface area contributed by atoms with Gasteiger partial charge in [-0.2, -0.15) is 0 Å². The zero-order chi connectivity index (χ0) is 26.0. The predicted octanol–water partition coefficient (Wildman–Crippen LogP) is 3.32. The van der Waals surface area contributed by atoms with Crippen molar-refractivity contribution in [2.75, 3.05) is 30.3 Å². The van der Waals surface area contributed by atoms with E-state index in [2.05, 4.69) is 5.32 Å². The summed E-state index contributed by atoms with van der Waals surface area (Å²) >= 11 is 0. The molecule has 192 valence electrons. The first-order valence-corrected chi connectivity index (χ1v) is 13.5. The lowest BCUT2D eigenvalue weighted by atomic mass is 10.1. The Morgan fingerprint density at radius 2 is 1.71 bits per heavy atom. The Labute approximate surface area is 207 Å². The molecule has 0 aliphatic carbocycles. The van der Waals surface area contributed by atoms with Gasteiger partial charge in [0, 0.05) is 13.1 Å². The molecular formula is C25H34FN3O5S. The molecule has 0 aromatic heterocycles. The Morgan fingerprint density at radius 3 is 2.29 bits per heavy atom. The molecular weight excluding hydrogens is 473 g/mol. The third-order valence-corrected chi connectivity index (χ3v) is 6.44. The average molecular weight is 508 g/mol. The smallest absolute Gasteiger partial charge is 0.244 e. The quantitative estimate of drug-likeness (QED) is 0.449. The summed E-state index contributed by atoms with van der Waals surface area (Å²) in [5, 5.41) is 2.81. The number of halogens is 1. The van der Waals surface area contributed by atoms with Gasteiger partial charge in [-0.05, 0) is 49.6 Å². The maximum absolute atomic E-state index is 13.6. The van der Waals surface area contributed by atoms with E-state index in [1.54, 1.807) is 38.1 Å². The van der Waals surface area contributed by atoms with E-state index >= 15 is 0 Å². The van der Waals surface area contributed by atoms with Crippen LogP contribution in [0.4, 0.5) is 10.1 Å². The van der Waals surface area contributed by atoms with Crippen LogP contribution in [0, 0.1) is 5.82 Å².